The maximum absolute atomic E-state index is 11.9. The molecule has 0 saturated heterocycles. The van der Waals surface area contributed by atoms with Gasteiger partial charge in [0.15, 0.2) is 0 Å². The van der Waals surface area contributed by atoms with E-state index < -0.39 is 16.1 Å². The van der Waals surface area contributed by atoms with Crippen molar-refractivity contribution >= 4 is 27.3 Å². The van der Waals surface area contributed by atoms with E-state index in [0.29, 0.717) is 6.61 Å². The van der Waals surface area contributed by atoms with Crippen molar-refractivity contribution in [3.63, 3.8) is 0 Å². The molecule has 0 heterocycles. The summed E-state index contributed by atoms with van der Waals surface area (Å²) < 4.78 is 5.09. The molecule has 1 aromatic carbocycles. The number of carbonyl (C=O) groups is 1. The van der Waals surface area contributed by atoms with E-state index in [4.69, 9.17) is 4.74 Å². The van der Waals surface area contributed by atoms with Crippen LogP contribution in [0.1, 0.15) is 6.92 Å². The van der Waals surface area contributed by atoms with E-state index in [9.17, 15) is 4.79 Å². The Morgan fingerprint density at radius 2 is 1.73 bits per heavy atom. The molecule has 1 aromatic rings. The van der Waals surface area contributed by atoms with Gasteiger partial charge >= 0.3 is 5.97 Å². The molecule has 0 aliphatic heterocycles. The molecule has 1 rings (SSSR count). The van der Waals surface area contributed by atoms with Crippen molar-refractivity contribution in [3.8, 4) is 11.5 Å². The number of hydrogen-bond acceptors (Lipinski definition) is 2. The van der Waals surface area contributed by atoms with Gasteiger partial charge in [0.25, 0.3) is 0 Å². The molecule has 0 amide bonds. The third-order valence-electron chi connectivity index (χ3n) is 3.29. The first kappa shape index (κ1) is 18.5. The molecule has 0 saturated carbocycles. The Kier molecular flexibility index (Phi) is 6.39. The molecule has 0 aliphatic carbocycles. The first-order valence-corrected chi connectivity index (χ1v) is 14.1. The van der Waals surface area contributed by atoms with Crippen LogP contribution in [-0.2, 0) is 9.53 Å². The molecule has 0 atom stereocenters. The Morgan fingerprint density at radius 3 is 2.23 bits per heavy atom. The van der Waals surface area contributed by atoms with Crippen molar-refractivity contribution in [2.75, 3.05) is 6.61 Å². The Hall–Kier alpha value is -1.58. The summed E-state index contributed by atoms with van der Waals surface area (Å²) in [5, 5.41) is 2.22. The average Bonchev–Trinajstić information content (AvgIpc) is 2.43. The third kappa shape index (κ3) is 5.66. The average molecular weight is 331 g/mol. The molecule has 4 heteroatoms. The maximum Gasteiger partial charge on any atom is 0.331 e. The van der Waals surface area contributed by atoms with Crippen LogP contribution < -0.4 is 5.19 Å². The minimum Gasteiger partial charge on any atom is -0.463 e. The number of carbonyl (C=O) groups excluding carboxylic acids is 1. The lowest BCUT2D eigenvalue weighted by Gasteiger charge is -2.23. The van der Waals surface area contributed by atoms with Gasteiger partial charge in [-0.15, -0.1) is 5.54 Å². The predicted octanol–water partition coefficient (Wildman–Crippen LogP) is 3.51. The van der Waals surface area contributed by atoms with Crippen molar-refractivity contribution in [1.82, 2.24) is 0 Å². The summed E-state index contributed by atoms with van der Waals surface area (Å²) in [5.41, 5.74) is 3.39. The molecule has 0 radical (unpaired) electrons. The van der Waals surface area contributed by atoms with E-state index >= 15 is 0 Å². The summed E-state index contributed by atoms with van der Waals surface area (Å²) in [4.78, 5) is 11.9. The van der Waals surface area contributed by atoms with E-state index in [1.165, 1.54) is 5.19 Å². The smallest absolute Gasteiger partial charge is 0.331 e. The summed E-state index contributed by atoms with van der Waals surface area (Å²) in [6.07, 6.45) is 1.61. The van der Waals surface area contributed by atoms with Crippen LogP contribution in [0.5, 0.6) is 0 Å². The molecule has 0 fully saturated rings. The number of ether oxygens (including phenoxy) is 1. The van der Waals surface area contributed by atoms with E-state index in [1.807, 2.05) is 25.1 Å². The number of esters is 1. The highest BCUT2D eigenvalue weighted by molar-refractivity contribution is 6.96. The van der Waals surface area contributed by atoms with E-state index in [-0.39, 0.29) is 5.97 Å². The van der Waals surface area contributed by atoms with Crippen LogP contribution in [0.2, 0.25) is 32.7 Å². The lowest BCUT2D eigenvalue weighted by atomic mass is 10.4. The van der Waals surface area contributed by atoms with Crippen LogP contribution in [-0.4, -0.2) is 28.7 Å². The fourth-order valence-electron chi connectivity index (χ4n) is 1.94. The number of hydrogen-bond donors (Lipinski definition) is 0. The second-order valence-corrected chi connectivity index (χ2v) is 15.9. The maximum atomic E-state index is 11.9. The molecule has 0 unspecified atom stereocenters. The minimum atomic E-state index is -1.99. The molecule has 0 N–H and O–H groups in total. The topological polar surface area (TPSA) is 26.3 Å². The van der Waals surface area contributed by atoms with Crippen molar-refractivity contribution in [2.45, 2.75) is 39.7 Å². The van der Waals surface area contributed by atoms with E-state index in [2.05, 4.69) is 56.3 Å². The van der Waals surface area contributed by atoms with Crippen molar-refractivity contribution < 1.29 is 9.53 Å². The molecule has 22 heavy (non-hydrogen) atoms. The van der Waals surface area contributed by atoms with Crippen LogP contribution in [0.3, 0.4) is 0 Å². The zero-order valence-electron chi connectivity index (χ0n) is 14.5. The zero-order chi connectivity index (χ0) is 16.8. The highest BCUT2D eigenvalue weighted by Gasteiger charge is 2.28. The lowest BCUT2D eigenvalue weighted by molar-refractivity contribution is -0.137. The van der Waals surface area contributed by atoms with Crippen LogP contribution in [0.25, 0.3) is 0 Å². The Balaban J connectivity index is 3.30. The van der Waals surface area contributed by atoms with Crippen LogP contribution in [0.15, 0.2) is 41.6 Å². The summed E-state index contributed by atoms with van der Waals surface area (Å²) in [6.45, 7) is 13.3. The number of allylic oxidation sites excluding steroid dienone is 1. The zero-order valence-corrected chi connectivity index (χ0v) is 16.5. The van der Waals surface area contributed by atoms with Gasteiger partial charge in [-0.2, -0.15) is 0 Å². The van der Waals surface area contributed by atoms with Gasteiger partial charge in [-0.05, 0) is 12.1 Å². The van der Waals surface area contributed by atoms with Gasteiger partial charge in [-0.3, -0.25) is 0 Å². The fourth-order valence-corrected chi connectivity index (χ4v) is 4.76. The highest BCUT2D eigenvalue weighted by Crippen LogP contribution is 2.15. The van der Waals surface area contributed by atoms with Gasteiger partial charge in [-0.1, -0.05) is 74.2 Å². The van der Waals surface area contributed by atoms with E-state index in [0.717, 1.165) is 5.20 Å². The molecule has 2 nitrogen and oxygen atoms in total. The predicted molar refractivity (Wildman–Crippen MR) is 99.4 cm³/mol. The van der Waals surface area contributed by atoms with Crippen LogP contribution in [0.4, 0.5) is 0 Å². The first-order valence-electron chi connectivity index (χ1n) is 7.64. The lowest BCUT2D eigenvalue weighted by Crippen LogP contribution is -2.43. The van der Waals surface area contributed by atoms with Gasteiger partial charge in [0.2, 0.25) is 0 Å². The quantitative estimate of drug-likeness (QED) is 0.365. The van der Waals surface area contributed by atoms with Crippen LogP contribution >= 0.6 is 0 Å². The summed E-state index contributed by atoms with van der Waals surface area (Å²) >= 11 is 0. The van der Waals surface area contributed by atoms with E-state index in [1.54, 1.807) is 6.08 Å². The molecular formula is C18H26O2Si2. The second-order valence-electron chi connectivity index (χ2n) is 6.80. The molecule has 0 bridgehead atoms. The molecule has 0 spiro atoms. The molecule has 0 aromatic heterocycles. The van der Waals surface area contributed by atoms with Crippen molar-refractivity contribution in [3.05, 3.63) is 41.6 Å². The Bertz CT molecular complexity index is 599. The second kappa shape index (κ2) is 7.62. The van der Waals surface area contributed by atoms with Crippen LogP contribution in [0, 0.1) is 11.5 Å². The number of benzene rings is 1. The van der Waals surface area contributed by atoms with Gasteiger partial charge in [-0.25, -0.2) is 4.79 Å². The number of rotatable bonds is 4. The Labute approximate surface area is 136 Å². The SMILES string of the molecule is CCOC(=O)/C=C(/C#C[Si](C)(C)C)[Si](C)(C)c1ccccc1. The minimum absolute atomic E-state index is 0.293. The van der Waals surface area contributed by atoms with Crippen molar-refractivity contribution in [1.29, 1.82) is 0 Å². The highest BCUT2D eigenvalue weighted by atomic mass is 28.3. The monoisotopic (exact) mass is 330 g/mol. The normalized spacial score (nSPS) is 12.4. The largest absolute Gasteiger partial charge is 0.463 e. The Morgan fingerprint density at radius 1 is 1.14 bits per heavy atom. The van der Waals surface area contributed by atoms with Gasteiger partial charge in [0.05, 0.1) is 6.61 Å². The fraction of sp³-hybridized carbons (Fsp3) is 0.389. The molecular weight excluding hydrogens is 304 g/mol. The summed E-state index contributed by atoms with van der Waals surface area (Å²) in [5.74, 6) is 3.03. The van der Waals surface area contributed by atoms with Crippen molar-refractivity contribution in [2.24, 2.45) is 0 Å². The third-order valence-corrected chi connectivity index (χ3v) is 7.56. The first-order chi connectivity index (χ1) is 10.2. The molecule has 118 valence electrons. The van der Waals surface area contributed by atoms with Gasteiger partial charge < -0.3 is 4.74 Å². The van der Waals surface area contributed by atoms with Gasteiger partial charge in [0, 0.05) is 6.08 Å². The summed E-state index contributed by atoms with van der Waals surface area (Å²) in [6, 6.07) is 10.3. The summed E-state index contributed by atoms with van der Waals surface area (Å²) in [7, 11) is -3.49. The van der Waals surface area contributed by atoms with Gasteiger partial charge in [0.1, 0.15) is 16.1 Å². The standard InChI is InChI=1S/C18H26O2Si2/c1-7-20-18(19)15-17(13-14-21(2,3)4)22(5,6)16-11-9-8-10-12-16/h8-12,15H,7H2,1-6H3/b17-15-. The molecule has 0 aliphatic rings.